The molecule has 0 amide bonds. The third-order valence-electron chi connectivity index (χ3n) is 2.06. The van der Waals surface area contributed by atoms with Crippen LogP contribution in [-0.2, 0) is 11.4 Å². The zero-order chi connectivity index (χ0) is 12.1. The zero-order valence-corrected chi connectivity index (χ0v) is 9.14. The fourth-order valence-corrected chi connectivity index (χ4v) is 1.15. The lowest BCUT2D eigenvalue weighted by molar-refractivity contribution is -0.144. The normalized spacial score (nSPS) is 11.9. The number of aliphatic hydroxyl groups is 1. The van der Waals surface area contributed by atoms with Crippen LogP contribution in [0.25, 0.3) is 0 Å². The van der Waals surface area contributed by atoms with Gasteiger partial charge in [0.25, 0.3) is 0 Å². The second kappa shape index (κ2) is 5.37. The highest BCUT2D eigenvalue weighted by molar-refractivity contribution is 5.72. The molecule has 5 nitrogen and oxygen atoms in total. The van der Waals surface area contributed by atoms with Gasteiger partial charge in [-0.3, -0.25) is 0 Å². The fourth-order valence-electron chi connectivity index (χ4n) is 1.15. The minimum absolute atomic E-state index is 0.106. The van der Waals surface area contributed by atoms with Crippen LogP contribution in [0.5, 0.6) is 11.5 Å². The Balaban J connectivity index is 2.91. The number of carbonyl (C=O) groups is 1. The van der Waals surface area contributed by atoms with Gasteiger partial charge in [-0.2, -0.15) is 0 Å². The van der Waals surface area contributed by atoms with Crippen molar-refractivity contribution < 1.29 is 24.5 Å². The molecule has 5 heteroatoms. The van der Waals surface area contributed by atoms with Crippen molar-refractivity contribution in [3.8, 4) is 11.5 Å². The van der Waals surface area contributed by atoms with Crippen LogP contribution in [0.1, 0.15) is 12.5 Å². The van der Waals surface area contributed by atoms with Crippen LogP contribution in [0.2, 0.25) is 0 Å². The summed E-state index contributed by atoms with van der Waals surface area (Å²) in [4.78, 5) is 10.6. The molecule has 0 aliphatic carbocycles. The smallest absolute Gasteiger partial charge is 0.344 e. The molecule has 0 heterocycles. The Bertz CT molecular complexity index is 375. The minimum atomic E-state index is -1.05. The van der Waals surface area contributed by atoms with Gasteiger partial charge >= 0.3 is 5.97 Å². The summed E-state index contributed by atoms with van der Waals surface area (Å²) in [5, 5.41) is 17.6. The molecule has 0 saturated carbocycles. The highest BCUT2D eigenvalue weighted by atomic mass is 16.5. The molecule has 0 aliphatic heterocycles. The van der Waals surface area contributed by atoms with Gasteiger partial charge in [0, 0.05) is 0 Å². The summed E-state index contributed by atoms with van der Waals surface area (Å²) in [7, 11) is 1.45. The largest absolute Gasteiger partial charge is 0.493 e. The van der Waals surface area contributed by atoms with E-state index in [-0.39, 0.29) is 6.61 Å². The van der Waals surface area contributed by atoms with Crippen molar-refractivity contribution in [2.45, 2.75) is 19.6 Å². The molecule has 88 valence electrons. The number of methoxy groups -OCH3 is 1. The Morgan fingerprint density at radius 2 is 2.12 bits per heavy atom. The summed E-state index contributed by atoms with van der Waals surface area (Å²) in [6.07, 6.45) is -0.950. The quantitative estimate of drug-likeness (QED) is 0.784. The van der Waals surface area contributed by atoms with Crippen molar-refractivity contribution in [3.05, 3.63) is 23.8 Å². The first-order valence-corrected chi connectivity index (χ1v) is 4.75. The van der Waals surface area contributed by atoms with Gasteiger partial charge in [0.1, 0.15) is 0 Å². The molecule has 1 atom stereocenters. The topological polar surface area (TPSA) is 76.0 Å². The maximum Gasteiger partial charge on any atom is 0.344 e. The molecule has 0 radical (unpaired) electrons. The van der Waals surface area contributed by atoms with Gasteiger partial charge in [0.15, 0.2) is 17.6 Å². The first kappa shape index (κ1) is 12.3. The van der Waals surface area contributed by atoms with E-state index in [1.165, 1.54) is 14.0 Å². The molecule has 1 aromatic rings. The summed E-state index contributed by atoms with van der Waals surface area (Å²) < 4.78 is 10.2. The van der Waals surface area contributed by atoms with Crippen LogP contribution in [0.15, 0.2) is 18.2 Å². The zero-order valence-electron chi connectivity index (χ0n) is 9.14. The van der Waals surface area contributed by atoms with Gasteiger partial charge in [-0.1, -0.05) is 6.07 Å². The summed E-state index contributed by atoms with van der Waals surface area (Å²) in [5.41, 5.74) is 0.673. The van der Waals surface area contributed by atoms with Gasteiger partial charge in [-0.15, -0.1) is 0 Å². The molecular weight excluding hydrogens is 212 g/mol. The van der Waals surface area contributed by atoms with E-state index in [1.807, 2.05) is 0 Å². The van der Waals surface area contributed by atoms with E-state index in [0.29, 0.717) is 17.1 Å². The molecule has 0 aliphatic rings. The first-order chi connectivity index (χ1) is 7.58. The summed E-state index contributed by atoms with van der Waals surface area (Å²) in [6.45, 7) is 1.33. The Kier molecular flexibility index (Phi) is 4.13. The number of hydrogen-bond acceptors (Lipinski definition) is 4. The fraction of sp³-hybridized carbons (Fsp3) is 0.364. The van der Waals surface area contributed by atoms with E-state index in [4.69, 9.17) is 19.7 Å². The predicted molar refractivity (Wildman–Crippen MR) is 56.6 cm³/mol. The number of benzene rings is 1. The molecule has 16 heavy (non-hydrogen) atoms. The van der Waals surface area contributed by atoms with Crippen LogP contribution < -0.4 is 9.47 Å². The molecule has 1 aromatic carbocycles. The van der Waals surface area contributed by atoms with Crippen LogP contribution >= 0.6 is 0 Å². The third-order valence-corrected chi connectivity index (χ3v) is 2.06. The Morgan fingerprint density at radius 1 is 1.44 bits per heavy atom. The van der Waals surface area contributed by atoms with Gasteiger partial charge in [-0.05, 0) is 24.6 Å². The van der Waals surface area contributed by atoms with Crippen molar-refractivity contribution in [3.63, 3.8) is 0 Å². The average Bonchev–Trinajstić information content (AvgIpc) is 2.29. The maximum atomic E-state index is 10.6. The van der Waals surface area contributed by atoms with Crippen LogP contribution in [-0.4, -0.2) is 29.4 Å². The maximum absolute atomic E-state index is 10.6. The van der Waals surface area contributed by atoms with Gasteiger partial charge < -0.3 is 19.7 Å². The number of carboxylic acids is 1. The molecule has 2 N–H and O–H groups in total. The number of aliphatic carboxylic acids is 1. The third kappa shape index (κ3) is 2.87. The first-order valence-electron chi connectivity index (χ1n) is 4.75. The molecular formula is C11H14O5. The van der Waals surface area contributed by atoms with Gasteiger partial charge in [0.2, 0.25) is 0 Å². The molecule has 0 unspecified atom stereocenters. The Labute approximate surface area is 93.2 Å². The lowest BCUT2D eigenvalue weighted by Gasteiger charge is -2.14. The van der Waals surface area contributed by atoms with E-state index in [1.54, 1.807) is 18.2 Å². The van der Waals surface area contributed by atoms with Crippen LogP contribution in [0.4, 0.5) is 0 Å². The molecule has 0 fully saturated rings. The lowest BCUT2D eigenvalue weighted by Crippen LogP contribution is -2.23. The second-order valence-corrected chi connectivity index (χ2v) is 3.24. The average molecular weight is 226 g/mol. The predicted octanol–water partition coefficient (Wildman–Crippen LogP) is 1.04. The van der Waals surface area contributed by atoms with Crippen molar-refractivity contribution in [2.75, 3.05) is 7.11 Å². The van der Waals surface area contributed by atoms with Gasteiger partial charge in [0.05, 0.1) is 13.7 Å². The summed E-state index contributed by atoms with van der Waals surface area (Å²) >= 11 is 0. The standard InChI is InChI=1S/C11H14O5/c1-7(11(13)14)16-9-4-3-8(6-12)5-10(9)15-2/h3-5,7,12H,6H2,1-2H3,(H,13,14)/t7-/m1/s1. The minimum Gasteiger partial charge on any atom is -0.493 e. The van der Waals surface area contributed by atoms with Crippen molar-refractivity contribution >= 4 is 5.97 Å². The summed E-state index contributed by atoms with van der Waals surface area (Å²) in [6, 6.07) is 4.82. The van der Waals surface area contributed by atoms with E-state index < -0.39 is 12.1 Å². The van der Waals surface area contributed by atoms with Crippen molar-refractivity contribution in [2.24, 2.45) is 0 Å². The van der Waals surface area contributed by atoms with Crippen molar-refractivity contribution in [1.82, 2.24) is 0 Å². The van der Waals surface area contributed by atoms with Gasteiger partial charge in [-0.25, -0.2) is 4.79 Å². The number of carboxylic acid groups (broad SMARTS) is 1. The van der Waals surface area contributed by atoms with E-state index in [0.717, 1.165) is 0 Å². The van der Waals surface area contributed by atoms with E-state index in [2.05, 4.69) is 0 Å². The molecule has 0 bridgehead atoms. The van der Waals surface area contributed by atoms with Crippen LogP contribution in [0.3, 0.4) is 0 Å². The molecule has 0 spiro atoms. The highest BCUT2D eigenvalue weighted by Gasteiger charge is 2.15. The molecule has 0 aromatic heterocycles. The number of rotatable bonds is 5. The number of ether oxygens (including phenoxy) is 2. The Morgan fingerprint density at radius 3 is 2.62 bits per heavy atom. The Hall–Kier alpha value is -1.75. The monoisotopic (exact) mass is 226 g/mol. The second-order valence-electron chi connectivity index (χ2n) is 3.24. The summed E-state index contributed by atoms with van der Waals surface area (Å²) in [5.74, 6) is -0.303. The molecule has 0 saturated heterocycles. The lowest BCUT2D eigenvalue weighted by atomic mass is 10.2. The van der Waals surface area contributed by atoms with Crippen molar-refractivity contribution in [1.29, 1.82) is 0 Å². The molecule has 1 rings (SSSR count). The number of hydrogen-bond donors (Lipinski definition) is 2. The van der Waals surface area contributed by atoms with Crippen LogP contribution in [0, 0.1) is 0 Å². The highest BCUT2D eigenvalue weighted by Crippen LogP contribution is 2.28. The number of aliphatic hydroxyl groups excluding tert-OH is 1. The van der Waals surface area contributed by atoms with E-state index >= 15 is 0 Å². The van der Waals surface area contributed by atoms with E-state index in [9.17, 15) is 4.79 Å². The SMILES string of the molecule is COc1cc(CO)ccc1O[C@H](C)C(=O)O.